The number of rotatable bonds is 5. The summed E-state index contributed by atoms with van der Waals surface area (Å²) in [6.07, 6.45) is 5.13. The standard InChI is InChI=1S/C14H20BrNO/c15-13-4-1-5-14(11-13)17-10-2-3-12-6-8-16-9-7-12/h1,4-5,11-12,16H,2-3,6-10H2. The molecular weight excluding hydrogens is 278 g/mol. The average molecular weight is 298 g/mol. The van der Waals surface area contributed by atoms with E-state index in [0.717, 1.165) is 29.2 Å². The molecule has 2 nitrogen and oxygen atoms in total. The molecule has 0 radical (unpaired) electrons. The third-order valence-corrected chi connectivity index (χ3v) is 3.77. The first-order valence-corrected chi connectivity index (χ1v) is 7.23. The minimum Gasteiger partial charge on any atom is -0.494 e. The Morgan fingerprint density at radius 1 is 1.29 bits per heavy atom. The highest BCUT2D eigenvalue weighted by molar-refractivity contribution is 9.10. The number of hydrogen-bond donors (Lipinski definition) is 1. The Labute approximate surface area is 112 Å². The van der Waals surface area contributed by atoms with E-state index in [1.165, 1.54) is 32.4 Å². The molecule has 3 heteroatoms. The highest BCUT2D eigenvalue weighted by atomic mass is 79.9. The van der Waals surface area contributed by atoms with Gasteiger partial charge in [-0.15, -0.1) is 0 Å². The summed E-state index contributed by atoms with van der Waals surface area (Å²) in [5, 5.41) is 3.40. The fraction of sp³-hybridized carbons (Fsp3) is 0.571. The SMILES string of the molecule is Brc1cccc(OCCCC2CCNCC2)c1. The lowest BCUT2D eigenvalue weighted by molar-refractivity contribution is 0.273. The van der Waals surface area contributed by atoms with Gasteiger partial charge in [-0.3, -0.25) is 0 Å². The second-order valence-electron chi connectivity index (χ2n) is 4.64. The van der Waals surface area contributed by atoms with E-state index in [1.54, 1.807) is 0 Å². The van der Waals surface area contributed by atoms with Crippen molar-refractivity contribution in [2.45, 2.75) is 25.7 Å². The summed E-state index contributed by atoms with van der Waals surface area (Å²) >= 11 is 3.45. The Balaban J connectivity index is 1.62. The molecule has 0 bridgehead atoms. The van der Waals surface area contributed by atoms with Gasteiger partial charge in [-0.2, -0.15) is 0 Å². The van der Waals surface area contributed by atoms with Gasteiger partial charge in [0, 0.05) is 4.47 Å². The van der Waals surface area contributed by atoms with Gasteiger partial charge in [0.1, 0.15) is 5.75 Å². The highest BCUT2D eigenvalue weighted by Crippen LogP contribution is 2.20. The Morgan fingerprint density at radius 2 is 2.12 bits per heavy atom. The summed E-state index contributed by atoms with van der Waals surface area (Å²) in [4.78, 5) is 0. The van der Waals surface area contributed by atoms with Crippen molar-refractivity contribution in [2.75, 3.05) is 19.7 Å². The summed E-state index contributed by atoms with van der Waals surface area (Å²) in [5.41, 5.74) is 0. The van der Waals surface area contributed by atoms with Crippen LogP contribution in [-0.4, -0.2) is 19.7 Å². The number of nitrogens with one attached hydrogen (secondary N) is 1. The van der Waals surface area contributed by atoms with Crippen LogP contribution in [0.1, 0.15) is 25.7 Å². The van der Waals surface area contributed by atoms with Crippen LogP contribution in [0.3, 0.4) is 0 Å². The van der Waals surface area contributed by atoms with Crippen LogP contribution in [-0.2, 0) is 0 Å². The zero-order valence-corrected chi connectivity index (χ0v) is 11.7. The lowest BCUT2D eigenvalue weighted by atomic mass is 9.93. The molecule has 1 saturated heterocycles. The molecule has 1 aromatic carbocycles. The van der Waals surface area contributed by atoms with E-state index in [1.807, 2.05) is 24.3 Å². The highest BCUT2D eigenvalue weighted by Gasteiger charge is 2.12. The molecule has 0 saturated carbocycles. The molecule has 1 aromatic rings. The summed E-state index contributed by atoms with van der Waals surface area (Å²) < 4.78 is 6.81. The largest absolute Gasteiger partial charge is 0.494 e. The van der Waals surface area contributed by atoms with E-state index in [9.17, 15) is 0 Å². The van der Waals surface area contributed by atoms with Crippen molar-refractivity contribution < 1.29 is 4.74 Å². The maximum Gasteiger partial charge on any atom is 0.120 e. The fourth-order valence-corrected chi connectivity index (χ4v) is 2.67. The minimum atomic E-state index is 0.834. The van der Waals surface area contributed by atoms with Crippen LogP contribution in [0, 0.1) is 5.92 Å². The molecular formula is C14H20BrNO. The van der Waals surface area contributed by atoms with Gasteiger partial charge in [-0.05, 0) is 62.9 Å². The van der Waals surface area contributed by atoms with E-state index >= 15 is 0 Å². The van der Waals surface area contributed by atoms with E-state index in [0.29, 0.717) is 0 Å². The predicted molar refractivity (Wildman–Crippen MR) is 74.5 cm³/mol. The molecule has 1 N–H and O–H groups in total. The van der Waals surface area contributed by atoms with Gasteiger partial charge in [-0.1, -0.05) is 22.0 Å². The number of piperidine rings is 1. The monoisotopic (exact) mass is 297 g/mol. The van der Waals surface area contributed by atoms with Crippen molar-refractivity contribution in [3.8, 4) is 5.75 Å². The molecule has 0 aromatic heterocycles. The first-order valence-electron chi connectivity index (χ1n) is 6.44. The lowest BCUT2D eigenvalue weighted by Crippen LogP contribution is -2.27. The smallest absolute Gasteiger partial charge is 0.120 e. The maximum absolute atomic E-state index is 5.73. The minimum absolute atomic E-state index is 0.834. The molecule has 0 aliphatic carbocycles. The van der Waals surface area contributed by atoms with Crippen molar-refractivity contribution in [1.29, 1.82) is 0 Å². The van der Waals surface area contributed by atoms with Crippen molar-refractivity contribution in [2.24, 2.45) is 5.92 Å². The summed E-state index contributed by atoms with van der Waals surface area (Å²) in [5.74, 6) is 1.87. The zero-order valence-electron chi connectivity index (χ0n) is 10.1. The van der Waals surface area contributed by atoms with Gasteiger partial charge in [0.25, 0.3) is 0 Å². The van der Waals surface area contributed by atoms with E-state index < -0.39 is 0 Å². The van der Waals surface area contributed by atoms with Gasteiger partial charge >= 0.3 is 0 Å². The van der Waals surface area contributed by atoms with Crippen LogP contribution in [0.5, 0.6) is 5.75 Å². The molecule has 94 valence electrons. The molecule has 0 spiro atoms. The molecule has 0 atom stereocenters. The van der Waals surface area contributed by atoms with Gasteiger partial charge in [0.05, 0.1) is 6.61 Å². The normalized spacial score (nSPS) is 17.0. The van der Waals surface area contributed by atoms with Gasteiger partial charge in [0.2, 0.25) is 0 Å². The fourth-order valence-electron chi connectivity index (χ4n) is 2.29. The van der Waals surface area contributed by atoms with E-state index in [-0.39, 0.29) is 0 Å². The summed E-state index contributed by atoms with van der Waals surface area (Å²) in [7, 11) is 0. The number of halogens is 1. The van der Waals surface area contributed by atoms with Crippen LogP contribution >= 0.6 is 15.9 Å². The Bertz CT molecular complexity index is 337. The zero-order chi connectivity index (χ0) is 11.9. The molecule has 1 heterocycles. The molecule has 1 aliphatic rings. The van der Waals surface area contributed by atoms with Gasteiger partial charge in [-0.25, -0.2) is 0 Å². The van der Waals surface area contributed by atoms with Crippen molar-refractivity contribution in [3.63, 3.8) is 0 Å². The van der Waals surface area contributed by atoms with Crippen LogP contribution in [0.25, 0.3) is 0 Å². The first-order chi connectivity index (χ1) is 8.34. The first kappa shape index (κ1) is 12.9. The molecule has 0 amide bonds. The van der Waals surface area contributed by atoms with Crippen LogP contribution in [0.4, 0.5) is 0 Å². The molecule has 17 heavy (non-hydrogen) atoms. The lowest BCUT2D eigenvalue weighted by Gasteiger charge is -2.22. The summed E-state index contributed by atoms with van der Waals surface area (Å²) in [6.45, 7) is 3.22. The van der Waals surface area contributed by atoms with E-state index in [2.05, 4.69) is 21.2 Å². The predicted octanol–water partition coefficient (Wildman–Crippen LogP) is 3.61. The van der Waals surface area contributed by atoms with Gasteiger partial charge < -0.3 is 10.1 Å². The van der Waals surface area contributed by atoms with Crippen LogP contribution < -0.4 is 10.1 Å². The second-order valence-corrected chi connectivity index (χ2v) is 5.56. The summed E-state index contributed by atoms with van der Waals surface area (Å²) in [6, 6.07) is 8.05. The van der Waals surface area contributed by atoms with Crippen molar-refractivity contribution in [1.82, 2.24) is 5.32 Å². The molecule has 1 aliphatic heterocycles. The van der Waals surface area contributed by atoms with Crippen LogP contribution in [0.15, 0.2) is 28.7 Å². The number of hydrogen-bond acceptors (Lipinski definition) is 2. The topological polar surface area (TPSA) is 21.3 Å². The molecule has 1 fully saturated rings. The quantitative estimate of drug-likeness (QED) is 0.839. The number of benzene rings is 1. The Kier molecular flexibility index (Phi) is 5.33. The Hall–Kier alpha value is -0.540. The maximum atomic E-state index is 5.73. The number of ether oxygens (including phenoxy) is 1. The second kappa shape index (κ2) is 7.02. The van der Waals surface area contributed by atoms with Crippen molar-refractivity contribution >= 4 is 15.9 Å². The third kappa shape index (κ3) is 4.68. The molecule has 0 unspecified atom stereocenters. The van der Waals surface area contributed by atoms with Crippen molar-refractivity contribution in [3.05, 3.63) is 28.7 Å². The van der Waals surface area contributed by atoms with E-state index in [4.69, 9.17) is 4.74 Å². The van der Waals surface area contributed by atoms with Gasteiger partial charge in [0.15, 0.2) is 0 Å². The molecule has 2 rings (SSSR count). The average Bonchev–Trinajstić information content (AvgIpc) is 2.36. The Morgan fingerprint density at radius 3 is 2.88 bits per heavy atom. The van der Waals surface area contributed by atoms with Crippen LogP contribution in [0.2, 0.25) is 0 Å². The third-order valence-electron chi connectivity index (χ3n) is 3.28.